The van der Waals surface area contributed by atoms with Crippen LogP contribution in [0.1, 0.15) is 18.2 Å². The number of halogens is 3. The van der Waals surface area contributed by atoms with E-state index in [4.69, 9.17) is 4.52 Å². The molecule has 1 aromatic carbocycles. The molecular formula is C13H10F3N3O. The van der Waals surface area contributed by atoms with E-state index in [0.717, 1.165) is 17.8 Å². The van der Waals surface area contributed by atoms with Gasteiger partial charge in [0.05, 0.1) is 22.3 Å². The Labute approximate surface area is 111 Å². The molecule has 20 heavy (non-hydrogen) atoms. The van der Waals surface area contributed by atoms with Crippen molar-refractivity contribution in [2.45, 2.75) is 19.5 Å². The van der Waals surface area contributed by atoms with E-state index < -0.39 is 11.7 Å². The summed E-state index contributed by atoms with van der Waals surface area (Å²) in [6.45, 7) is 1.93. The minimum atomic E-state index is -4.37. The monoisotopic (exact) mass is 281 g/mol. The van der Waals surface area contributed by atoms with Crippen molar-refractivity contribution in [3.05, 3.63) is 35.5 Å². The van der Waals surface area contributed by atoms with Gasteiger partial charge in [0, 0.05) is 6.07 Å². The zero-order chi connectivity index (χ0) is 14.3. The van der Waals surface area contributed by atoms with Crippen LogP contribution in [-0.4, -0.2) is 15.1 Å². The number of nitrogens with one attached hydrogen (secondary N) is 1. The van der Waals surface area contributed by atoms with Crippen LogP contribution in [0, 0.1) is 0 Å². The molecule has 3 aromatic rings. The lowest BCUT2D eigenvalue weighted by molar-refractivity contribution is -0.137. The predicted octanol–water partition coefficient (Wildman–Crippen LogP) is 3.80. The second-order valence-corrected chi connectivity index (χ2v) is 4.35. The maximum atomic E-state index is 12.6. The molecule has 0 unspecified atom stereocenters. The molecule has 0 saturated carbocycles. The average Bonchev–Trinajstić information content (AvgIpc) is 3.02. The van der Waals surface area contributed by atoms with Crippen LogP contribution in [0.2, 0.25) is 0 Å². The molecule has 0 spiro atoms. The first-order valence-electron chi connectivity index (χ1n) is 6.00. The van der Waals surface area contributed by atoms with Gasteiger partial charge in [0.2, 0.25) is 5.76 Å². The first kappa shape index (κ1) is 12.7. The lowest BCUT2D eigenvalue weighted by Gasteiger charge is -2.04. The van der Waals surface area contributed by atoms with Crippen molar-refractivity contribution in [3.63, 3.8) is 0 Å². The molecule has 0 amide bonds. The highest BCUT2D eigenvalue weighted by molar-refractivity contribution is 5.79. The van der Waals surface area contributed by atoms with Crippen molar-refractivity contribution in [2.75, 3.05) is 0 Å². The van der Waals surface area contributed by atoms with Crippen LogP contribution < -0.4 is 0 Å². The molecule has 3 rings (SSSR count). The smallest absolute Gasteiger partial charge is 0.353 e. The third-order valence-corrected chi connectivity index (χ3v) is 2.96. The SMILES string of the molecule is CCc1cc(-c2nc3ccc(C(F)(F)F)cc3[nH]2)on1. The molecule has 0 aliphatic heterocycles. The van der Waals surface area contributed by atoms with Crippen molar-refractivity contribution in [1.29, 1.82) is 0 Å². The number of nitrogens with zero attached hydrogens (tertiary/aromatic N) is 2. The lowest BCUT2D eigenvalue weighted by Crippen LogP contribution is -2.04. The van der Waals surface area contributed by atoms with Crippen molar-refractivity contribution < 1.29 is 17.7 Å². The number of fused-ring (bicyclic) bond motifs is 1. The van der Waals surface area contributed by atoms with Gasteiger partial charge in [0.25, 0.3) is 0 Å². The van der Waals surface area contributed by atoms with Gasteiger partial charge in [0.1, 0.15) is 0 Å². The number of benzene rings is 1. The summed E-state index contributed by atoms with van der Waals surface area (Å²) in [5.74, 6) is 0.776. The molecule has 0 bridgehead atoms. The maximum absolute atomic E-state index is 12.6. The summed E-state index contributed by atoms with van der Waals surface area (Å²) >= 11 is 0. The van der Waals surface area contributed by atoms with E-state index in [0.29, 0.717) is 29.0 Å². The van der Waals surface area contributed by atoms with Crippen molar-refractivity contribution >= 4 is 11.0 Å². The van der Waals surface area contributed by atoms with Crippen LogP contribution in [0.25, 0.3) is 22.6 Å². The summed E-state index contributed by atoms with van der Waals surface area (Å²) in [5, 5.41) is 3.82. The highest BCUT2D eigenvalue weighted by atomic mass is 19.4. The number of aromatic amines is 1. The zero-order valence-electron chi connectivity index (χ0n) is 10.5. The standard InChI is InChI=1S/C13H10F3N3O/c1-2-8-6-11(20-19-8)12-17-9-4-3-7(13(14,15)16)5-10(9)18-12/h3-6H,2H2,1H3,(H,17,18). The Kier molecular flexibility index (Phi) is 2.77. The Balaban J connectivity index is 2.06. The van der Waals surface area contributed by atoms with Crippen LogP contribution >= 0.6 is 0 Å². The number of rotatable bonds is 2. The Bertz CT molecular complexity index is 758. The second kappa shape index (κ2) is 4.36. The molecule has 2 aromatic heterocycles. The summed E-state index contributed by atoms with van der Waals surface area (Å²) in [7, 11) is 0. The van der Waals surface area contributed by atoms with E-state index in [1.54, 1.807) is 6.07 Å². The van der Waals surface area contributed by atoms with E-state index in [-0.39, 0.29) is 0 Å². The van der Waals surface area contributed by atoms with Gasteiger partial charge in [-0.05, 0) is 24.6 Å². The number of H-pyrrole nitrogens is 1. The third kappa shape index (κ3) is 2.15. The van der Waals surface area contributed by atoms with E-state index in [2.05, 4.69) is 15.1 Å². The Hall–Kier alpha value is -2.31. The maximum Gasteiger partial charge on any atom is 0.416 e. The van der Waals surface area contributed by atoms with E-state index >= 15 is 0 Å². The van der Waals surface area contributed by atoms with Gasteiger partial charge in [-0.2, -0.15) is 13.2 Å². The highest BCUT2D eigenvalue weighted by Crippen LogP contribution is 2.31. The molecule has 4 nitrogen and oxygen atoms in total. The summed E-state index contributed by atoms with van der Waals surface area (Å²) < 4.78 is 43.0. The summed E-state index contributed by atoms with van der Waals surface area (Å²) in [5.41, 5.74) is 0.801. The van der Waals surface area contributed by atoms with Gasteiger partial charge in [-0.3, -0.25) is 0 Å². The predicted molar refractivity (Wildman–Crippen MR) is 66.0 cm³/mol. The highest BCUT2D eigenvalue weighted by Gasteiger charge is 2.30. The van der Waals surface area contributed by atoms with E-state index in [9.17, 15) is 13.2 Å². The van der Waals surface area contributed by atoms with Gasteiger partial charge < -0.3 is 9.51 Å². The quantitative estimate of drug-likeness (QED) is 0.777. The lowest BCUT2D eigenvalue weighted by atomic mass is 10.2. The fourth-order valence-electron chi connectivity index (χ4n) is 1.89. The molecule has 2 heterocycles. The van der Waals surface area contributed by atoms with Crippen LogP contribution in [-0.2, 0) is 12.6 Å². The topological polar surface area (TPSA) is 54.7 Å². The van der Waals surface area contributed by atoms with Crippen LogP contribution in [0.4, 0.5) is 13.2 Å². The molecule has 0 aliphatic carbocycles. The van der Waals surface area contributed by atoms with Crippen molar-refractivity contribution in [2.24, 2.45) is 0 Å². The first-order chi connectivity index (χ1) is 9.47. The van der Waals surface area contributed by atoms with Gasteiger partial charge >= 0.3 is 6.18 Å². The molecule has 0 atom stereocenters. The second-order valence-electron chi connectivity index (χ2n) is 4.35. The fourth-order valence-corrected chi connectivity index (χ4v) is 1.89. The van der Waals surface area contributed by atoms with Crippen LogP contribution in [0.5, 0.6) is 0 Å². The molecule has 1 N–H and O–H groups in total. The molecular weight excluding hydrogens is 271 g/mol. The average molecular weight is 281 g/mol. The molecule has 7 heteroatoms. The van der Waals surface area contributed by atoms with Crippen molar-refractivity contribution in [1.82, 2.24) is 15.1 Å². The number of alkyl halides is 3. The Morgan fingerprint density at radius 3 is 2.70 bits per heavy atom. The Morgan fingerprint density at radius 2 is 2.05 bits per heavy atom. The molecule has 0 saturated heterocycles. The largest absolute Gasteiger partial charge is 0.416 e. The third-order valence-electron chi connectivity index (χ3n) is 2.96. The molecule has 0 aliphatic rings. The Morgan fingerprint density at radius 1 is 1.25 bits per heavy atom. The molecule has 0 fully saturated rings. The van der Waals surface area contributed by atoms with Gasteiger partial charge in [0.15, 0.2) is 5.82 Å². The zero-order valence-corrected chi connectivity index (χ0v) is 10.5. The normalized spacial score (nSPS) is 12.2. The van der Waals surface area contributed by atoms with Crippen LogP contribution in [0.3, 0.4) is 0 Å². The van der Waals surface area contributed by atoms with Gasteiger partial charge in [-0.1, -0.05) is 12.1 Å². The minimum absolute atomic E-state index is 0.310. The summed E-state index contributed by atoms with van der Waals surface area (Å²) in [6, 6.07) is 5.07. The summed E-state index contributed by atoms with van der Waals surface area (Å²) in [6.07, 6.45) is -3.66. The number of aromatic nitrogens is 3. The number of hydrogen-bond donors (Lipinski definition) is 1. The number of imidazole rings is 1. The molecule has 0 radical (unpaired) electrons. The minimum Gasteiger partial charge on any atom is -0.353 e. The molecule has 104 valence electrons. The van der Waals surface area contributed by atoms with E-state index in [1.807, 2.05) is 6.92 Å². The number of aryl methyl sites for hydroxylation is 1. The fraction of sp³-hybridized carbons (Fsp3) is 0.231. The summed E-state index contributed by atoms with van der Waals surface area (Å²) in [4.78, 5) is 7.01. The van der Waals surface area contributed by atoms with Gasteiger partial charge in [-0.25, -0.2) is 4.98 Å². The number of hydrogen-bond acceptors (Lipinski definition) is 3. The first-order valence-corrected chi connectivity index (χ1v) is 6.00. The van der Waals surface area contributed by atoms with Gasteiger partial charge in [-0.15, -0.1) is 0 Å². The van der Waals surface area contributed by atoms with E-state index in [1.165, 1.54) is 6.07 Å². The van der Waals surface area contributed by atoms with Crippen LogP contribution in [0.15, 0.2) is 28.8 Å². The van der Waals surface area contributed by atoms with Crippen molar-refractivity contribution in [3.8, 4) is 11.6 Å².